The summed E-state index contributed by atoms with van der Waals surface area (Å²) < 4.78 is 27.7. The van der Waals surface area contributed by atoms with Gasteiger partial charge >= 0.3 is 0 Å². The Morgan fingerprint density at radius 3 is 2.74 bits per heavy atom. The van der Waals surface area contributed by atoms with Gasteiger partial charge in [0.05, 0.1) is 4.90 Å². The molecular weight excluding hydrogens is 328 g/mol. The highest BCUT2D eigenvalue weighted by molar-refractivity contribution is 9.10. The molecule has 1 aromatic carbocycles. The number of rotatable bonds is 2. The molecule has 2 N–H and O–H groups in total. The van der Waals surface area contributed by atoms with Gasteiger partial charge in [-0.15, -0.1) is 0 Å². The zero-order chi connectivity index (χ0) is 14.2. The van der Waals surface area contributed by atoms with E-state index in [1.165, 1.54) is 0 Å². The molecule has 1 aliphatic heterocycles. The summed E-state index contributed by atoms with van der Waals surface area (Å²) in [5.74, 6) is 0.414. The lowest BCUT2D eigenvalue weighted by atomic mass is 10.0. The smallest absolute Gasteiger partial charge is 0.243 e. The molecule has 0 saturated carbocycles. The van der Waals surface area contributed by atoms with E-state index in [0.717, 1.165) is 22.9 Å². The van der Waals surface area contributed by atoms with Gasteiger partial charge < -0.3 is 5.73 Å². The molecule has 6 heteroatoms. The monoisotopic (exact) mass is 346 g/mol. The molecule has 0 radical (unpaired) electrons. The van der Waals surface area contributed by atoms with Crippen LogP contribution in [0, 0.1) is 12.8 Å². The fourth-order valence-electron chi connectivity index (χ4n) is 2.45. The Labute approximate surface area is 123 Å². The number of nitrogens with two attached hydrogens (primary N) is 1. The Balaban J connectivity index is 2.42. The second-order valence-corrected chi connectivity index (χ2v) is 8.01. The maximum atomic E-state index is 12.7. The van der Waals surface area contributed by atoms with Crippen molar-refractivity contribution in [1.29, 1.82) is 0 Å². The predicted molar refractivity (Wildman–Crippen MR) is 80.4 cm³/mol. The summed E-state index contributed by atoms with van der Waals surface area (Å²) in [6.07, 6.45) is 2.01. The number of nitrogens with zero attached hydrogens (tertiary/aromatic N) is 1. The summed E-state index contributed by atoms with van der Waals surface area (Å²) in [4.78, 5) is 0.322. The Bertz CT molecular complexity index is 587. The molecule has 19 heavy (non-hydrogen) atoms. The average Bonchev–Trinajstić information content (AvgIpc) is 2.33. The van der Waals surface area contributed by atoms with Crippen molar-refractivity contribution < 1.29 is 8.42 Å². The van der Waals surface area contributed by atoms with E-state index >= 15 is 0 Å². The highest BCUT2D eigenvalue weighted by Crippen LogP contribution is 2.30. The van der Waals surface area contributed by atoms with Gasteiger partial charge in [-0.1, -0.05) is 6.92 Å². The highest BCUT2D eigenvalue weighted by Gasteiger charge is 2.30. The number of aryl methyl sites for hydroxylation is 1. The van der Waals surface area contributed by atoms with Crippen molar-refractivity contribution in [3.05, 3.63) is 22.2 Å². The third-order valence-corrected chi connectivity index (χ3v) is 6.23. The molecule has 0 amide bonds. The van der Waals surface area contributed by atoms with Gasteiger partial charge in [0.25, 0.3) is 0 Å². The third kappa shape index (κ3) is 2.95. The van der Waals surface area contributed by atoms with E-state index in [9.17, 15) is 8.42 Å². The largest absolute Gasteiger partial charge is 0.398 e. The number of hydrogen-bond acceptors (Lipinski definition) is 3. The van der Waals surface area contributed by atoms with E-state index in [2.05, 4.69) is 22.9 Å². The Hall–Kier alpha value is -0.590. The predicted octanol–water partition coefficient (Wildman–Crippen LogP) is 2.76. The summed E-state index contributed by atoms with van der Waals surface area (Å²) in [7, 11) is -3.43. The standard InChI is InChI=1S/C13H19BrN2O2S/c1-9-4-3-5-16(8-9)19(17,18)13-7-12(15)11(14)6-10(13)2/h6-7,9H,3-5,8,15H2,1-2H3. The minimum atomic E-state index is -3.43. The van der Waals surface area contributed by atoms with Crippen LogP contribution >= 0.6 is 15.9 Å². The van der Waals surface area contributed by atoms with Crippen LogP contribution < -0.4 is 5.73 Å². The van der Waals surface area contributed by atoms with E-state index in [1.807, 2.05) is 0 Å². The summed E-state index contributed by atoms with van der Waals surface area (Å²) in [5.41, 5.74) is 6.99. The van der Waals surface area contributed by atoms with Gasteiger partial charge in [0.1, 0.15) is 0 Å². The van der Waals surface area contributed by atoms with Gasteiger partial charge in [0.15, 0.2) is 0 Å². The first-order valence-electron chi connectivity index (χ1n) is 6.38. The van der Waals surface area contributed by atoms with Crippen LogP contribution in [0.2, 0.25) is 0 Å². The molecule has 0 bridgehead atoms. The fourth-order valence-corrected chi connectivity index (χ4v) is 4.75. The van der Waals surface area contributed by atoms with Gasteiger partial charge in [-0.25, -0.2) is 8.42 Å². The number of hydrogen-bond donors (Lipinski definition) is 1. The number of benzene rings is 1. The third-order valence-electron chi connectivity index (χ3n) is 3.53. The van der Waals surface area contributed by atoms with E-state index in [-0.39, 0.29) is 0 Å². The van der Waals surface area contributed by atoms with E-state index in [4.69, 9.17) is 5.73 Å². The molecule has 0 spiro atoms. The zero-order valence-electron chi connectivity index (χ0n) is 11.2. The van der Waals surface area contributed by atoms with E-state index in [0.29, 0.717) is 29.6 Å². The van der Waals surface area contributed by atoms with Crippen LogP contribution in [-0.4, -0.2) is 25.8 Å². The zero-order valence-corrected chi connectivity index (χ0v) is 13.6. The number of piperidine rings is 1. The molecular formula is C13H19BrN2O2S. The summed E-state index contributed by atoms with van der Waals surface area (Å²) >= 11 is 3.32. The van der Waals surface area contributed by atoms with Crippen LogP contribution in [0.1, 0.15) is 25.3 Å². The minimum Gasteiger partial charge on any atom is -0.398 e. The van der Waals surface area contributed by atoms with Gasteiger partial charge in [-0.05, 0) is 59.3 Å². The maximum Gasteiger partial charge on any atom is 0.243 e. The first-order chi connectivity index (χ1) is 8.82. The van der Waals surface area contributed by atoms with Crippen molar-refractivity contribution in [2.75, 3.05) is 18.8 Å². The van der Waals surface area contributed by atoms with Crippen molar-refractivity contribution in [3.63, 3.8) is 0 Å². The lowest BCUT2D eigenvalue weighted by Gasteiger charge is -2.30. The summed E-state index contributed by atoms with van der Waals surface area (Å²) in [5, 5.41) is 0. The van der Waals surface area contributed by atoms with Crippen molar-refractivity contribution in [1.82, 2.24) is 4.31 Å². The first kappa shape index (κ1) is 14.8. The molecule has 4 nitrogen and oxygen atoms in total. The topological polar surface area (TPSA) is 63.4 Å². The Morgan fingerprint density at radius 1 is 1.42 bits per heavy atom. The van der Waals surface area contributed by atoms with Crippen molar-refractivity contribution in [2.24, 2.45) is 5.92 Å². The van der Waals surface area contributed by atoms with E-state index < -0.39 is 10.0 Å². The maximum absolute atomic E-state index is 12.7. The lowest BCUT2D eigenvalue weighted by molar-refractivity contribution is 0.281. The van der Waals surface area contributed by atoms with Crippen LogP contribution in [-0.2, 0) is 10.0 Å². The Morgan fingerprint density at radius 2 is 2.11 bits per heavy atom. The summed E-state index contributed by atoms with van der Waals surface area (Å²) in [6, 6.07) is 3.31. The molecule has 1 saturated heterocycles. The number of halogens is 1. The van der Waals surface area contributed by atoms with Crippen molar-refractivity contribution in [3.8, 4) is 0 Å². The number of nitrogen functional groups attached to an aromatic ring is 1. The number of sulfonamides is 1. The Kier molecular flexibility index (Phi) is 4.23. The van der Waals surface area contributed by atoms with Gasteiger partial charge in [0.2, 0.25) is 10.0 Å². The molecule has 1 aromatic rings. The molecule has 1 fully saturated rings. The molecule has 1 heterocycles. The van der Waals surface area contributed by atoms with Crippen LogP contribution in [0.25, 0.3) is 0 Å². The SMILES string of the molecule is Cc1cc(Br)c(N)cc1S(=O)(=O)N1CCCC(C)C1. The molecule has 106 valence electrons. The molecule has 1 aliphatic rings. The number of anilines is 1. The normalized spacial score (nSPS) is 21.5. The van der Waals surface area contributed by atoms with Crippen LogP contribution in [0.5, 0.6) is 0 Å². The van der Waals surface area contributed by atoms with Gasteiger partial charge in [-0.2, -0.15) is 4.31 Å². The molecule has 1 atom stereocenters. The fraction of sp³-hybridized carbons (Fsp3) is 0.538. The minimum absolute atomic E-state index is 0.322. The van der Waals surface area contributed by atoms with Gasteiger partial charge in [-0.3, -0.25) is 0 Å². The first-order valence-corrected chi connectivity index (χ1v) is 8.61. The van der Waals surface area contributed by atoms with Crippen LogP contribution in [0.3, 0.4) is 0 Å². The van der Waals surface area contributed by atoms with Crippen LogP contribution in [0.15, 0.2) is 21.5 Å². The van der Waals surface area contributed by atoms with Crippen LogP contribution in [0.4, 0.5) is 5.69 Å². The van der Waals surface area contributed by atoms with Crippen molar-refractivity contribution in [2.45, 2.75) is 31.6 Å². The van der Waals surface area contributed by atoms with Crippen molar-refractivity contribution >= 4 is 31.6 Å². The second kappa shape index (κ2) is 5.42. The average molecular weight is 347 g/mol. The van der Waals surface area contributed by atoms with E-state index in [1.54, 1.807) is 23.4 Å². The van der Waals surface area contributed by atoms with Gasteiger partial charge in [0, 0.05) is 23.2 Å². The molecule has 0 aliphatic carbocycles. The highest BCUT2D eigenvalue weighted by atomic mass is 79.9. The summed E-state index contributed by atoms with van der Waals surface area (Å²) in [6.45, 7) is 5.08. The quantitative estimate of drug-likeness (QED) is 0.837. The molecule has 2 rings (SSSR count). The molecule has 1 unspecified atom stereocenters. The second-order valence-electron chi connectivity index (χ2n) is 5.25. The lowest BCUT2D eigenvalue weighted by Crippen LogP contribution is -2.39. The molecule has 0 aromatic heterocycles.